The summed E-state index contributed by atoms with van der Waals surface area (Å²) in [5, 5.41) is 2.66. The zero-order chi connectivity index (χ0) is 14.4. The van der Waals surface area contributed by atoms with Gasteiger partial charge in [0, 0.05) is 6.04 Å². The Balaban J connectivity index is 2.24. The molecule has 0 aromatic carbocycles. The van der Waals surface area contributed by atoms with Crippen LogP contribution in [-0.2, 0) is 9.59 Å². The monoisotopic (exact) mass is 266 g/mol. The normalized spacial score (nSPS) is 31.2. The van der Waals surface area contributed by atoms with Gasteiger partial charge < -0.3 is 10.2 Å². The Kier molecular flexibility index (Phi) is 3.40. The quantitative estimate of drug-likeness (QED) is 0.788. The SMILES string of the molecule is CC1C(=O)NCC(=O)N1C1CC(C)(C)CC(C)(C)C1. The standard InChI is InChI=1S/C15H26N2O2/c1-10-13(19)16-8-12(18)17(10)11-6-14(2,3)9-15(4,5)7-11/h10-11H,6-9H2,1-5H3,(H,16,19). The Bertz CT molecular complexity index is 385. The third-order valence-electron chi connectivity index (χ3n) is 4.43. The highest BCUT2D eigenvalue weighted by molar-refractivity contribution is 5.94. The zero-order valence-corrected chi connectivity index (χ0v) is 12.7. The first-order valence-corrected chi connectivity index (χ1v) is 7.20. The number of piperazine rings is 1. The van der Waals surface area contributed by atoms with E-state index >= 15 is 0 Å². The molecule has 1 saturated carbocycles. The molecule has 4 heteroatoms. The summed E-state index contributed by atoms with van der Waals surface area (Å²) in [4.78, 5) is 25.8. The van der Waals surface area contributed by atoms with E-state index in [1.54, 1.807) is 0 Å². The van der Waals surface area contributed by atoms with E-state index in [1.165, 1.54) is 6.42 Å². The predicted molar refractivity (Wildman–Crippen MR) is 74.5 cm³/mol. The molecule has 2 amide bonds. The second kappa shape index (κ2) is 4.50. The van der Waals surface area contributed by atoms with Gasteiger partial charge >= 0.3 is 0 Å². The van der Waals surface area contributed by atoms with E-state index in [2.05, 4.69) is 33.0 Å². The van der Waals surface area contributed by atoms with Crippen LogP contribution in [0.25, 0.3) is 0 Å². The van der Waals surface area contributed by atoms with Crippen molar-refractivity contribution in [1.82, 2.24) is 10.2 Å². The Morgan fingerprint density at radius 2 is 1.63 bits per heavy atom. The molecule has 1 atom stereocenters. The van der Waals surface area contributed by atoms with Crippen LogP contribution in [0.15, 0.2) is 0 Å². The van der Waals surface area contributed by atoms with Gasteiger partial charge in [-0.25, -0.2) is 0 Å². The van der Waals surface area contributed by atoms with E-state index in [0.29, 0.717) is 0 Å². The van der Waals surface area contributed by atoms with Crippen molar-refractivity contribution in [3.8, 4) is 0 Å². The lowest BCUT2D eigenvalue weighted by Crippen LogP contribution is -2.62. The lowest BCUT2D eigenvalue weighted by molar-refractivity contribution is -0.150. The molecule has 108 valence electrons. The van der Waals surface area contributed by atoms with E-state index < -0.39 is 0 Å². The van der Waals surface area contributed by atoms with Gasteiger partial charge in [-0.15, -0.1) is 0 Å². The van der Waals surface area contributed by atoms with E-state index in [-0.39, 0.29) is 41.3 Å². The van der Waals surface area contributed by atoms with Crippen molar-refractivity contribution < 1.29 is 9.59 Å². The molecule has 1 N–H and O–H groups in total. The van der Waals surface area contributed by atoms with E-state index in [4.69, 9.17) is 0 Å². The maximum absolute atomic E-state index is 12.2. The van der Waals surface area contributed by atoms with Gasteiger partial charge in [0.15, 0.2) is 0 Å². The summed E-state index contributed by atoms with van der Waals surface area (Å²) < 4.78 is 0. The van der Waals surface area contributed by atoms with Crippen LogP contribution in [0, 0.1) is 10.8 Å². The first-order valence-electron chi connectivity index (χ1n) is 7.20. The summed E-state index contributed by atoms with van der Waals surface area (Å²) in [6.07, 6.45) is 3.14. The second-order valence-electron chi connectivity index (χ2n) is 7.76. The third-order valence-corrected chi connectivity index (χ3v) is 4.43. The van der Waals surface area contributed by atoms with Crippen molar-refractivity contribution in [3.05, 3.63) is 0 Å². The van der Waals surface area contributed by atoms with Gasteiger partial charge in [0.25, 0.3) is 0 Å². The molecule has 0 aromatic heterocycles. The van der Waals surface area contributed by atoms with Crippen molar-refractivity contribution in [3.63, 3.8) is 0 Å². The van der Waals surface area contributed by atoms with E-state index in [1.807, 2.05) is 11.8 Å². The fourth-order valence-electron chi connectivity index (χ4n) is 4.25. The van der Waals surface area contributed by atoms with Gasteiger partial charge in [-0.2, -0.15) is 0 Å². The van der Waals surface area contributed by atoms with Crippen molar-refractivity contribution in [2.24, 2.45) is 10.8 Å². The van der Waals surface area contributed by atoms with Crippen molar-refractivity contribution in [1.29, 1.82) is 0 Å². The van der Waals surface area contributed by atoms with Crippen LogP contribution in [0.5, 0.6) is 0 Å². The lowest BCUT2D eigenvalue weighted by atomic mass is 9.63. The fourth-order valence-corrected chi connectivity index (χ4v) is 4.25. The molecule has 2 rings (SSSR count). The van der Waals surface area contributed by atoms with Crippen LogP contribution in [-0.4, -0.2) is 35.3 Å². The minimum atomic E-state index is -0.337. The Morgan fingerprint density at radius 1 is 1.11 bits per heavy atom. The molecule has 0 radical (unpaired) electrons. The van der Waals surface area contributed by atoms with E-state index in [9.17, 15) is 9.59 Å². The van der Waals surface area contributed by atoms with Gasteiger partial charge in [-0.1, -0.05) is 27.7 Å². The smallest absolute Gasteiger partial charge is 0.242 e. The number of nitrogens with one attached hydrogen (secondary N) is 1. The van der Waals surface area contributed by atoms with Gasteiger partial charge in [0.2, 0.25) is 11.8 Å². The number of nitrogens with zero attached hydrogens (tertiary/aromatic N) is 1. The maximum atomic E-state index is 12.2. The van der Waals surface area contributed by atoms with Crippen LogP contribution in [0.1, 0.15) is 53.9 Å². The number of carbonyl (C=O) groups excluding carboxylic acids is 2. The van der Waals surface area contributed by atoms with Crippen LogP contribution < -0.4 is 5.32 Å². The number of rotatable bonds is 1. The third kappa shape index (κ3) is 2.93. The summed E-state index contributed by atoms with van der Waals surface area (Å²) in [5.41, 5.74) is 0.445. The number of hydrogen-bond acceptors (Lipinski definition) is 2. The highest BCUT2D eigenvalue weighted by Gasteiger charge is 2.45. The van der Waals surface area contributed by atoms with Crippen molar-refractivity contribution >= 4 is 11.8 Å². The summed E-state index contributed by atoms with van der Waals surface area (Å²) in [6, 6.07) is -0.150. The summed E-state index contributed by atoms with van der Waals surface area (Å²) in [6.45, 7) is 11.0. The number of amides is 2. The van der Waals surface area contributed by atoms with Gasteiger partial charge in [0.1, 0.15) is 6.04 Å². The number of carbonyl (C=O) groups is 2. The molecule has 0 spiro atoms. The second-order valence-corrected chi connectivity index (χ2v) is 7.76. The van der Waals surface area contributed by atoms with E-state index in [0.717, 1.165) is 12.8 Å². The molecule has 2 fully saturated rings. The fraction of sp³-hybridized carbons (Fsp3) is 0.867. The van der Waals surface area contributed by atoms with Crippen molar-refractivity contribution in [2.75, 3.05) is 6.54 Å². The van der Waals surface area contributed by atoms with Gasteiger partial charge in [-0.05, 0) is 37.0 Å². The molecule has 1 unspecified atom stereocenters. The predicted octanol–water partition coefficient (Wildman–Crippen LogP) is 1.94. The van der Waals surface area contributed by atoms with Gasteiger partial charge in [-0.3, -0.25) is 9.59 Å². The first-order chi connectivity index (χ1) is 8.61. The molecule has 1 heterocycles. The highest BCUT2D eigenvalue weighted by Crippen LogP contribution is 2.47. The molecule has 1 aliphatic carbocycles. The van der Waals surface area contributed by atoms with Crippen LogP contribution >= 0.6 is 0 Å². The largest absolute Gasteiger partial charge is 0.345 e. The van der Waals surface area contributed by atoms with Gasteiger partial charge in [0.05, 0.1) is 6.54 Å². The molecule has 1 aliphatic heterocycles. The average Bonchev–Trinajstić information content (AvgIpc) is 2.19. The average molecular weight is 266 g/mol. The van der Waals surface area contributed by atoms with Crippen LogP contribution in [0.3, 0.4) is 0 Å². The first kappa shape index (κ1) is 14.4. The maximum Gasteiger partial charge on any atom is 0.242 e. The zero-order valence-electron chi connectivity index (χ0n) is 12.7. The molecule has 2 aliphatic rings. The Morgan fingerprint density at radius 3 is 2.16 bits per heavy atom. The van der Waals surface area contributed by atoms with Crippen LogP contribution in [0.4, 0.5) is 0 Å². The molecule has 1 saturated heterocycles. The molecular weight excluding hydrogens is 240 g/mol. The molecular formula is C15H26N2O2. The summed E-state index contributed by atoms with van der Waals surface area (Å²) in [7, 11) is 0. The molecule has 0 aromatic rings. The minimum absolute atomic E-state index is 0.0271. The molecule has 4 nitrogen and oxygen atoms in total. The molecule has 19 heavy (non-hydrogen) atoms. The Hall–Kier alpha value is -1.06. The topological polar surface area (TPSA) is 49.4 Å². The highest BCUT2D eigenvalue weighted by atomic mass is 16.2. The van der Waals surface area contributed by atoms with Crippen LogP contribution in [0.2, 0.25) is 0 Å². The minimum Gasteiger partial charge on any atom is -0.345 e. The molecule has 0 bridgehead atoms. The summed E-state index contributed by atoms with van der Waals surface area (Å²) in [5.74, 6) is 0.0337. The lowest BCUT2D eigenvalue weighted by Gasteiger charge is -2.50. The number of hydrogen-bond donors (Lipinski definition) is 1. The summed E-state index contributed by atoms with van der Waals surface area (Å²) >= 11 is 0. The van der Waals surface area contributed by atoms with Crippen molar-refractivity contribution in [2.45, 2.75) is 66.0 Å². The Labute approximate surface area is 115 Å².